The fraction of sp³-hybridized carbons (Fsp3) is 0.538. The van der Waals surface area contributed by atoms with Crippen molar-refractivity contribution >= 4 is 11.8 Å². The second-order valence-corrected chi connectivity index (χ2v) is 8.59. The molecule has 2 aromatic carbocycles. The van der Waals surface area contributed by atoms with Gasteiger partial charge in [-0.15, -0.1) is 0 Å². The van der Waals surface area contributed by atoms with Crippen molar-refractivity contribution in [2.75, 3.05) is 0 Å². The molecule has 2 aromatic rings. The van der Waals surface area contributed by atoms with Crippen molar-refractivity contribution in [2.45, 2.75) is 90.6 Å². The molecule has 0 saturated carbocycles. The van der Waals surface area contributed by atoms with Crippen molar-refractivity contribution in [3.63, 3.8) is 0 Å². The van der Waals surface area contributed by atoms with Crippen molar-refractivity contribution in [3.8, 4) is 0 Å². The quantitative estimate of drug-likeness (QED) is 0.359. The Bertz CT molecular complexity index is 627. The average molecular weight is 383 g/mol. The van der Waals surface area contributed by atoms with Crippen LogP contribution in [0.4, 0.5) is 0 Å². The zero-order valence-corrected chi connectivity index (χ0v) is 18.8. The number of hydrogen-bond acceptors (Lipinski definition) is 1. The first-order valence-electron chi connectivity index (χ1n) is 11.0. The number of aryl methyl sites for hydroxylation is 2. The SMILES string of the molecule is CCCc1cccc(CSCc2cccc(CCC)c2CCC)c1CCC. The Kier molecular flexibility index (Phi) is 10.1. The molecule has 148 valence electrons. The molecule has 0 aromatic heterocycles. The zero-order valence-electron chi connectivity index (χ0n) is 17.9. The van der Waals surface area contributed by atoms with Crippen LogP contribution in [0.5, 0.6) is 0 Å². The highest BCUT2D eigenvalue weighted by atomic mass is 32.2. The highest BCUT2D eigenvalue weighted by Gasteiger charge is 2.10. The molecule has 0 aliphatic rings. The fourth-order valence-corrected chi connectivity index (χ4v) is 5.15. The van der Waals surface area contributed by atoms with Gasteiger partial charge in [-0.3, -0.25) is 0 Å². The monoisotopic (exact) mass is 382 g/mol. The molecule has 0 fully saturated rings. The Morgan fingerprint density at radius 1 is 0.519 bits per heavy atom. The van der Waals surface area contributed by atoms with Crippen LogP contribution in [-0.4, -0.2) is 0 Å². The molecule has 0 aliphatic heterocycles. The third kappa shape index (κ3) is 6.42. The van der Waals surface area contributed by atoms with E-state index in [4.69, 9.17) is 0 Å². The second kappa shape index (κ2) is 12.3. The number of hydrogen-bond donors (Lipinski definition) is 0. The van der Waals surface area contributed by atoms with Crippen molar-refractivity contribution in [2.24, 2.45) is 0 Å². The van der Waals surface area contributed by atoms with Crippen LogP contribution in [0.1, 0.15) is 86.8 Å². The minimum atomic E-state index is 1.14. The summed E-state index contributed by atoms with van der Waals surface area (Å²) in [5, 5.41) is 0. The third-order valence-electron chi connectivity index (χ3n) is 5.29. The van der Waals surface area contributed by atoms with Crippen LogP contribution in [0.15, 0.2) is 36.4 Å². The summed E-state index contributed by atoms with van der Waals surface area (Å²) in [5.41, 5.74) is 9.54. The lowest BCUT2D eigenvalue weighted by Gasteiger charge is -2.16. The molecule has 0 radical (unpaired) electrons. The standard InChI is InChI=1S/C26H38S/c1-5-11-21-15-9-17-23(25(21)13-7-3)19-27-20-24-18-10-16-22(12-6-2)26(24)14-8-4/h9-10,15-18H,5-8,11-14,19-20H2,1-4H3. The largest absolute Gasteiger partial charge is 0.152 e. The molecule has 2 rings (SSSR count). The van der Waals surface area contributed by atoms with Crippen LogP contribution in [0, 0.1) is 0 Å². The molecule has 27 heavy (non-hydrogen) atoms. The molecule has 1 heteroatoms. The normalized spacial score (nSPS) is 11.1. The van der Waals surface area contributed by atoms with Crippen LogP contribution >= 0.6 is 11.8 Å². The van der Waals surface area contributed by atoms with Crippen LogP contribution in [-0.2, 0) is 37.2 Å². The van der Waals surface area contributed by atoms with Crippen molar-refractivity contribution < 1.29 is 0 Å². The first-order chi connectivity index (χ1) is 13.2. The molecule has 0 aliphatic carbocycles. The van der Waals surface area contributed by atoms with Crippen molar-refractivity contribution in [1.82, 2.24) is 0 Å². The molecule has 0 amide bonds. The van der Waals surface area contributed by atoms with Gasteiger partial charge in [0.1, 0.15) is 0 Å². The lowest BCUT2D eigenvalue weighted by Crippen LogP contribution is -2.01. The molecular weight excluding hydrogens is 344 g/mol. The van der Waals surface area contributed by atoms with Gasteiger partial charge in [-0.1, -0.05) is 89.8 Å². The van der Waals surface area contributed by atoms with E-state index >= 15 is 0 Å². The van der Waals surface area contributed by atoms with E-state index in [1.54, 1.807) is 33.4 Å². The smallest absolute Gasteiger partial charge is 0.0190 e. The maximum Gasteiger partial charge on any atom is 0.0190 e. The topological polar surface area (TPSA) is 0 Å². The fourth-order valence-electron chi connectivity index (χ4n) is 4.07. The van der Waals surface area contributed by atoms with E-state index in [0.717, 1.165) is 11.5 Å². The summed E-state index contributed by atoms with van der Waals surface area (Å²) in [5.74, 6) is 2.27. The van der Waals surface area contributed by atoms with Gasteiger partial charge in [0.2, 0.25) is 0 Å². The van der Waals surface area contributed by atoms with Gasteiger partial charge in [0.15, 0.2) is 0 Å². The van der Waals surface area contributed by atoms with Gasteiger partial charge in [-0.25, -0.2) is 0 Å². The Morgan fingerprint density at radius 3 is 1.26 bits per heavy atom. The molecule has 0 unspecified atom stereocenters. The Hall–Kier alpha value is -1.21. The van der Waals surface area contributed by atoms with Gasteiger partial charge in [-0.05, 0) is 59.1 Å². The maximum atomic E-state index is 2.36. The predicted octanol–water partition coefficient (Wildman–Crippen LogP) is 7.93. The van der Waals surface area contributed by atoms with Crippen LogP contribution in [0.2, 0.25) is 0 Å². The average Bonchev–Trinajstić information content (AvgIpc) is 2.67. The molecule has 0 N–H and O–H groups in total. The van der Waals surface area contributed by atoms with E-state index in [1.165, 1.54) is 51.4 Å². The van der Waals surface area contributed by atoms with E-state index in [2.05, 4.69) is 75.9 Å². The molecule has 0 heterocycles. The first-order valence-corrected chi connectivity index (χ1v) is 12.2. The minimum absolute atomic E-state index is 1.14. The van der Waals surface area contributed by atoms with Crippen LogP contribution < -0.4 is 0 Å². The summed E-state index contributed by atoms with van der Waals surface area (Å²) in [4.78, 5) is 0. The van der Waals surface area contributed by atoms with Gasteiger partial charge >= 0.3 is 0 Å². The van der Waals surface area contributed by atoms with Crippen molar-refractivity contribution in [1.29, 1.82) is 0 Å². The lowest BCUT2D eigenvalue weighted by atomic mass is 9.95. The molecule has 0 spiro atoms. The van der Waals surface area contributed by atoms with Crippen LogP contribution in [0.25, 0.3) is 0 Å². The summed E-state index contributed by atoms with van der Waals surface area (Å²) in [6.07, 6.45) is 9.81. The van der Waals surface area contributed by atoms with Crippen molar-refractivity contribution in [3.05, 3.63) is 69.8 Å². The molecule has 0 saturated heterocycles. The molecule has 0 atom stereocenters. The van der Waals surface area contributed by atoms with E-state index in [1.807, 2.05) is 0 Å². The van der Waals surface area contributed by atoms with E-state index in [9.17, 15) is 0 Å². The number of thioether (sulfide) groups is 1. The van der Waals surface area contributed by atoms with Gasteiger partial charge in [-0.2, -0.15) is 11.8 Å². The van der Waals surface area contributed by atoms with Gasteiger partial charge < -0.3 is 0 Å². The number of rotatable bonds is 12. The highest BCUT2D eigenvalue weighted by Crippen LogP contribution is 2.27. The van der Waals surface area contributed by atoms with Gasteiger partial charge in [0, 0.05) is 11.5 Å². The van der Waals surface area contributed by atoms with Gasteiger partial charge in [0.25, 0.3) is 0 Å². The van der Waals surface area contributed by atoms with E-state index in [0.29, 0.717) is 0 Å². The maximum absolute atomic E-state index is 2.36. The Labute approximate surface area is 172 Å². The zero-order chi connectivity index (χ0) is 19.5. The van der Waals surface area contributed by atoms with E-state index in [-0.39, 0.29) is 0 Å². The summed E-state index contributed by atoms with van der Waals surface area (Å²) in [7, 11) is 0. The van der Waals surface area contributed by atoms with E-state index < -0.39 is 0 Å². The molecule has 0 bridgehead atoms. The summed E-state index contributed by atoms with van der Waals surface area (Å²) >= 11 is 2.09. The minimum Gasteiger partial charge on any atom is -0.152 e. The van der Waals surface area contributed by atoms with Crippen LogP contribution in [0.3, 0.4) is 0 Å². The first kappa shape index (κ1) is 22.1. The highest BCUT2D eigenvalue weighted by molar-refractivity contribution is 7.97. The Balaban J connectivity index is 2.12. The Morgan fingerprint density at radius 2 is 0.889 bits per heavy atom. The number of benzene rings is 2. The third-order valence-corrected chi connectivity index (χ3v) is 6.32. The lowest BCUT2D eigenvalue weighted by molar-refractivity contribution is 0.851. The molecule has 0 nitrogen and oxygen atoms in total. The predicted molar refractivity (Wildman–Crippen MR) is 124 cm³/mol. The second-order valence-electron chi connectivity index (χ2n) is 7.60. The van der Waals surface area contributed by atoms with Gasteiger partial charge in [0.05, 0.1) is 0 Å². The summed E-state index contributed by atoms with van der Waals surface area (Å²) in [6, 6.07) is 13.9. The summed E-state index contributed by atoms with van der Waals surface area (Å²) < 4.78 is 0. The summed E-state index contributed by atoms with van der Waals surface area (Å²) in [6.45, 7) is 9.18. The molecular formula is C26H38S.